The molecule has 0 bridgehead atoms. The first kappa shape index (κ1) is 19.7. The van der Waals surface area contributed by atoms with E-state index < -0.39 is 9.84 Å². The van der Waals surface area contributed by atoms with Crippen LogP contribution in [0.1, 0.15) is 17.7 Å². The van der Waals surface area contributed by atoms with Gasteiger partial charge >= 0.3 is 0 Å². The van der Waals surface area contributed by atoms with Gasteiger partial charge in [0.25, 0.3) is 0 Å². The fourth-order valence-electron chi connectivity index (χ4n) is 3.90. The first-order valence-corrected chi connectivity index (χ1v) is 11.6. The Balaban J connectivity index is 1.34. The van der Waals surface area contributed by atoms with Gasteiger partial charge in [0.15, 0.2) is 9.84 Å². The third kappa shape index (κ3) is 4.89. The Bertz CT molecular complexity index is 1070. The summed E-state index contributed by atoms with van der Waals surface area (Å²) in [6.07, 6.45) is 4.83. The number of carbonyl (C=O) groups is 1. The monoisotopic (exact) mass is 415 g/mol. The molecule has 1 amide bonds. The molecule has 0 aliphatic carbocycles. The summed E-state index contributed by atoms with van der Waals surface area (Å²) in [6, 6.07) is 11.5. The minimum Gasteiger partial charge on any atom is -0.468 e. The molecule has 1 fully saturated rings. The van der Waals surface area contributed by atoms with Crippen LogP contribution in [-0.4, -0.2) is 54.8 Å². The lowest BCUT2D eigenvalue weighted by molar-refractivity contribution is -0.122. The van der Waals surface area contributed by atoms with Gasteiger partial charge in [0, 0.05) is 29.7 Å². The van der Waals surface area contributed by atoms with Gasteiger partial charge in [-0.15, -0.1) is 0 Å². The van der Waals surface area contributed by atoms with Crippen LogP contribution in [0.2, 0.25) is 0 Å². The van der Waals surface area contributed by atoms with Gasteiger partial charge in [-0.05, 0) is 36.6 Å². The number of aromatic amines is 1. The highest BCUT2D eigenvalue weighted by Crippen LogP contribution is 2.20. The zero-order chi connectivity index (χ0) is 20.3. The predicted molar refractivity (Wildman–Crippen MR) is 111 cm³/mol. The summed E-state index contributed by atoms with van der Waals surface area (Å²) in [5.41, 5.74) is 2.25. The van der Waals surface area contributed by atoms with Crippen molar-refractivity contribution in [2.45, 2.75) is 25.4 Å². The Kier molecular flexibility index (Phi) is 5.73. The maximum Gasteiger partial charge on any atom is 0.234 e. The number of amides is 1. The summed E-state index contributed by atoms with van der Waals surface area (Å²) < 4.78 is 29.2. The molecule has 4 rings (SSSR count). The van der Waals surface area contributed by atoms with Crippen molar-refractivity contribution in [2.75, 3.05) is 24.6 Å². The Morgan fingerprint density at radius 3 is 2.86 bits per heavy atom. The van der Waals surface area contributed by atoms with Crippen LogP contribution in [0.15, 0.2) is 53.3 Å². The third-order valence-electron chi connectivity index (χ3n) is 5.40. The standard InChI is InChI=1S/C21H25N3O4S/c25-21(22-9-7-16-12-23-20-6-2-1-5-19(16)20)14-24(13-18-4-3-10-28-18)17-8-11-29(26,27)15-17/h1-6,10,12,17,23H,7-9,11,13-15H2,(H,22,25). The van der Waals surface area contributed by atoms with Crippen molar-refractivity contribution in [1.29, 1.82) is 0 Å². The molecule has 7 nitrogen and oxygen atoms in total. The van der Waals surface area contributed by atoms with Crippen molar-refractivity contribution in [3.05, 3.63) is 60.2 Å². The van der Waals surface area contributed by atoms with Crippen LogP contribution in [0.5, 0.6) is 0 Å². The number of rotatable bonds is 8. The average Bonchev–Trinajstić information content (AvgIpc) is 3.42. The first-order valence-electron chi connectivity index (χ1n) is 9.79. The molecule has 2 aromatic heterocycles. The smallest absolute Gasteiger partial charge is 0.234 e. The molecular formula is C21H25N3O4S. The third-order valence-corrected chi connectivity index (χ3v) is 7.15. The molecule has 2 N–H and O–H groups in total. The van der Waals surface area contributed by atoms with E-state index in [0.717, 1.165) is 28.6 Å². The molecule has 3 heterocycles. The lowest BCUT2D eigenvalue weighted by Crippen LogP contribution is -2.43. The molecule has 8 heteroatoms. The fraction of sp³-hybridized carbons (Fsp3) is 0.381. The molecule has 1 aliphatic rings. The van der Waals surface area contributed by atoms with E-state index in [9.17, 15) is 13.2 Å². The van der Waals surface area contributed by atoms with E-state index in [1.165, 1.54) is 0 Å². The Labute approximate surface area is 170 Å². The highest BCUT2D eigenvalue weighted by molar-refractivity contribution is 7.91. The van der Waals surface area contributed by atoms with Crippen LogP contribution >= 0.6 is 0 Å². The van der Waals surface area contributed by atoms with Crippen molar-refractivity contribution in [2.24, 2.45) is 0 Å². The van der Waals surface area contributed by atoms with Crippen molar-refractivity contribution < 1.29 is 17.6 Å². The van der Waals surface area contributed by atoms with Crippen LogP contribution in [0.4, 0.5) is 0 Å². The summed E-state index contributed by atoms with van der Waals surface area (Å²) >= 11 is 0. The number of nitrogens with zero attached hydrogens (tertiary/aromatic N) is 1. The molecule has 0 spiro atoms. The number of hydrogen-bond donors (Lipinski definition) is 2. The van der Waals surface area contributed by atoms with Gasteiger partial charge in [-0.3, -0.25) is 9.69 Å². The number of sulfone groups is 1. The number of hydrogen-bond acceptors (Lipinski definition) is 5. The van der Waals surface area contributed by atoms with Crippen molar-refractivity contribution in [3.63, 3.8) is 0 Å². The molecule has 1 aromatic carbocycles. The first-order chi connectivity index (χ1) is 14.0. The van der Waals surface area contributed by atoms with Gasteiger partial charge in [-0.2, -0.15) is 0 Å². The number of benzene rings is 1. The van der Waals surface area contributed by atoms with Crippen LogP contribution in [0.25, 0.3) is 10.9 Å². The second kappa shape index (κ2) is 8.42. The highest BCUT2D eigenvalue weighted by Gasteiger charge is 2.33. The molecule has 3 aromatic rings. The van der Waals surface area contributed by atoms with Gasteiger partial charge < -0.3 is 14.7 Å². The maximum atomic E-state index is 12.6. The van der Waals surface area contributed by atoms with E-state index in [1.807, 2.05) is 35.4 Å². The number of H-pyrrole nitrogens is 1. The van der Waals surface area contributed by atoms with E-state index in [0.29, 0.717) is 19.5 Å². The minimum atomic E-state index is -3.03. The highest BCUT2D eigenvalue weighted by atomic mass is 32.2. The number of fused-ring (bicyclic) bond motifs is 1. The summed E-state index contributed by atoms with van der Waals surface area (Å²) in [7, 11) is -3.03. The van der Waals surface area contributed by atoms with Gasteiger partial charge in [-0.25, -0.2) is 8.42 Å². The number of aromatic nitrogens is 1. The number of carbonyl (C=O) groups excluding carboxylic acids is 1. The number of nitrogens with one attached hydrogen (secondary N) is 2. The summed E-state index contributed by atoms with van der Waals surface area (Å²) in [5, 5.41) is 4.13. The second-order valence-corrected chi connectivity index (χ2v) is 9.73. The fourth-order valence-corrected chi connectivity index (χ4v) is 5.66. The molecule has 154 valence electrons. The topological polar surface area (TPSA) is 95.4 Å². The lowest BCUT2D eigenvalue weighted by atomic mass is 10.1. The maximum absolute atomic E-state index is 12.6. The van der Waals surface area contributed by atoms with Gasteiger partial charge in [0.2, 0.25) is 5.91 Å². The second-order valence-electron chi connectivity index (χ2n) is 7.50. The van der Waals surface area contributed by atoms with Gasteiger partial charge in [0.1, 0.15) is 5.76 Å². The molecule has 1 saturated heterocycles. The van der Waals surface area contributed by atoms with E-state index in [-0.39, 0.29) is 30.0 Å². The quantitative estimate of drug-likeness (QED) is 0.588. The minimum absolute atomic E-state index is 0.0936. The number of para-hydroxylation sites is 1. The zero-order valence-corrected chi connectivity index (χ0v) is 17.0. The Morgan fingerprint density at radius 1 is 1.24 bits per heavy atom. The van der Waals surface area contributed by atoms with Crippen molar-refractivity contribution in [3.8, 4) is 0 Å². The van der Waals surface area contributed by atoms with Crippen LogP contribution < -0.4 is 5.32 Å². The molecule has 1 aliphatic heterocycles. The van der Waals surface area contributed by atoms with E-state index >= 15 is 0 Å². The molecule has 0 radical (unpaired) electrons. The van der Waals surface area contributed by atoms with Crippen LogP contribution in [0, 0.1) is 0 Å². The Hall–Kier alpha value is -2.58. The predicted octanol–water partition coefficient (Wildman–Crippen LogP) is 2.11. The molecule has 29 heavy (non-hydrogen) atoms. The normalized spacial score (nSPS) is 18.4. The van der Waals surface area contributed by atoms with Crippen LogP contribution in [-0.2, 0) is 27.6 Å². The van der Waals surface area contributed by atoms with E-state index in [2.05, 4.69) is 16.4 Å². The molecular weight excluding hydrogens is 390 g/mol. The van der Waals surface area contributed by atoms with Crippen molar-refractivity contribution in [1.82, 2.24) is 15.2 Å². The SMILES string of the molecule is O=C(CN(Cc1ccco1)C1CCS(=O)(=O)C1)NCCc1c[nH]c2ccccc12. The zero-order valence-electron chi connectivity index (χ0n) is 16.1. The molecule has 0 saturated carbocycles. The van der Waals surface area contributed by atoms with E-state index in [4.69, 9.17) is 4.42 Å². The van der Waals surface area contributed by atoms with E-state index in [1.54, 1.807) is 12.3 Å². The van der Waals surface area contributed by atoms with Gasteiger partial charge in [-0.1, -0.05) is 18.2 Å². The summed E-state index contributed by atoms with van der Waals surface area (Å²) in [5.74, 6) is 0.881. The Morgan fingerprint density at radius 2 is 2.10 bits per heavy atom. The summed E-state index contributed by atoms with van der Waals surface area (Å²) in [4.78, 5) is 17.7. The largest absolute Gasteiger partial charge is 0.468 e. The van der Waals surface area contributed by atoms with Crippen LogP contribution in [0.3, 0.4) is 0 Å². The average molecular weight is 416 g/mol. The lowest BCUT2D eigenvalue weighted by Gasteiger charge is -2.26. The van der Waals surface area contributed by atoms with Crippen molar-refractivity contribution >= 4 is 26.6 Å². The number of furan rings is 1. The summed E-state index contributed by atoms with van der Waals surface area (Å²) in [6.45, 7) is 1.09. The molecule has 1 atom stereocenters. The molecule has 1 unspecified atom stereocenters. The van der Waals surface area contributed by atoms with Gasteiger partial charge in [0.05, 0.1) is 30.9 Å².